The van der Waals surface area contributed by atoms with E-state index in [9.17, 15) is 28.8 Å². The van der Waals surface area contributed by atoms with Crippen LogP contribution in [-0.4, -0.2) is 117 Å². The Morgan fingerprint density at radius 1 is 1.02 bits per heavy atom. The number of fused-ring (bicyclic) bond motifs is 3. The van der Waals surface area contributed by atoms with Crippen molar-refractivity contribution in [3.05, 3.63) is 59.2 Å². The van der Waals surface area contributed by atoms with Gasteiger partial charge in [-0.1, -0.05) is 61.0 Å². The molecule has 12 nitrogen and oxygen atoms in total. The first kappa shape index (κ1) is 34.3. The van der Waals surface area contributed by atoms with E-state index in [1.165, 1.54) is 14.0 Å². The Bertz CT molecular complexity index is 1680. The minimum Gasteiger partial charge on any atom is -0.467 e. The topological polar surface area (TPSA) is 137 Å². The molecule has 1 aromatic rings. The van der Waals surface area contributed by atoms with Crippen LogP contribution in [0.2, 0.25) is 5.02 Å². The van der Waals surface area contributed by atoms with Crippen LogP contribution in [0.4, 0.5) is 0 Å². The zero-order chi connectivity index (χ0) is 35.5. The maximum atomic E-state index is 14.7. The first-order valence-electron chi connectivity index (χ1n) is 17.7. The first-order valence-corrected chi connectivity index (χ1v) is 18.1. The number of rotatable bonds is 6. The molecule has 6 aliphatic heterocycles. The van der Waals surface area contributed by atoms with Crippen molar-refractivity contribution in [1.29, 1.82) is 0 Å². The fourth-order valence-corrected chi connectivity index (χ4v) is 9.60. The summed E-state index contributed by atoms with van der Waals surface area (Å²) in [4.78, 5) is 89.3. The molecule has 9 atom stereocenters. The lowest BCUT2D eigenvalue weighted by Gasteiger charge is -2.45. The summed E-state index contributed by atoms with van der Waals surface area (Å²) >= 11 is 6.42. The van der Waals surface area contributed by atoms with E-state index in [2.05, 4.69) is 5.32 Å². The molecule has 0 unspecified atom stereocenters. The summed E-state index contributed by atoms with van der Waals surface area (Å²) in [6.45, 7) is 4.04. The fraction of sp³-hybridized carbons (Fsp3) is 0.568. The van der Waals surface area contributed by atoms with Crippen LogP contribution >= 0.6 is 11.6 Å². The second kappa shape index (κ2) is 13.2. The summed E-state index contributed by atoms with van der Waals surface area (Å²) in [5, 5.41) is 3.25. The Labute approximate surface area is 296 Å². The lowest BCUT2D eigenvalue weighted by Crippen LogP contribution is -2.65. The van der Waals surface area contributed by atoms with Crippen molar-refractivity contribution >= 4 is 47.1 Å². The molecule has 1 spiro atoms. The molecule has 1 N–H and O–H groups in total. The lowest BCUT2D eigenvalue weighted by atomic mass is 9.88. The van der Waals surface area contributed by atoms with Crippen LogP contribution < -0.4 is 5.32 Å². The van der Waals surface area contributed by atoms with Crippen LogP contribution in [0.5, 0.6) is 0 Å². The molecule has 7 rings (SSSR count). The van der Waals surface area contributed by atoms with Crippen LogP contribution in [0.25, 0.3) is 0 Å². The molecule has 0 radical (unpaired) electrons. The van der Waals surface area contributed by atoms with Gasteiger partial charge in [0.1, 0.15) is 29.7 Å². The number of hydrogen-bond acceptors (Lipinski definition) is 7. The number of ether oxygens (including phenoxy) is 1. The lowest BCUT2D eigenvalue weighted by molar-refractivity contribution is -0.158. The quantitative estimate of drug-likeness (QED) is 0.354. The van der Waals surface area contributed by atoms with Crippen molar-refractivity contribution in [2.24, 2.45) is 11.8 Å². The van der Waals surface area contributed by atoms with Crippen LogP contribution in [0, 0.1) is 11.8 Å². The average Bonchev–Trinajstić information content (AvgIpc) is 3.88. The average molecular weight is 706 g/mol. The standard InChI is InChI=1S/C37H44ClN5O7/c1-21-19-30(35(48)50-3)43-28(21)11-9-23-14-18-40(31(23)34(43)47)33(46)29-12-10-25-13-16-37(36(49)42(25)29)15-6-17-41(37)32(45)27(39-22(2)44)20-24-7-4-5-8-26(24)38/h4-5,7-9,11,13,16,21,23,25,27-31H,6,10,12,14-15,17-20H2,1-3H3,(H,39,44)/t21-,23+,25+,27+,28+,29+,30+,31+,37-/m1/s1. The highest BCUT2D eigenvalue weighted by Gasteiger charge is 2.59. The van der Waals surface area contributed by atoms with E-state index in [4.69, 9.17) is 16.3 Å². The van der Waals surface area contributed by atoms with Crippen LogP contribution in [0.15, 0.2) is 48.6 Å². The molecule has 266 valence electrons. The van der Waals surface area contributed by atoms with E-state index in [1.807, 2.05) is 37.3 Å². The zero-order valence-corrected chi connectivity index (χ0v) is 29.4. The largest absolute Gasteiger partial charge is 0.467 e. The van der Waals surface area contributed by atoms with Gasteiger partial charge in [-0.3, -0.25) is 24.0 Å². The van der Waals surface area contributed by atoms with Crippen LogP contribution in [0.3, 0.4) is 0 Å². The number of benzene rings is 1. The minimum atomic E-state index is -1.30. The Balaban J connectivity index is 1.14. The molecule has 6 heterocycles. The highest BCUT2D eigenvalue weighted by molar-refractivity contribution is 6.31. The summed E-state index contributed by atoms with van der Waals surface area (Å²) in [5.74, 6) is -2.23. The van der Waals surface area contributed by atoms with Gasteiger partial charge in [0.05, 0.1) is 19.2 Å². The molecule has 4 fully saturated rings. The first-order chi connectivity index (χ1) is 24.0. The third kappa shape index (κ3) is 5.50. The Hall–Kier alpha value is -4.19. The van der Waals surface area contributed by atoms with Gasteiger partial charge in [-0.05, 0) is 56.1 Å². The van der Waals surface area contributed by atoms with E-state index in [0.29, 0.717) is 62.2 Å². The SMILES string of the molecule is COC(=O)[C@@H]1C[C@@H](C)[C@@H]2C=C[C@H]3CCN(C(=O)[C@@H]4CC[C@H]5C=C[C@]6(CCCN6C(=O)[C@H](Cc6ccccc6Cl)NC(C)=O)C(=O)N54)[C@@H]3C(=O)N12. The number of amides is 5. The Kier molecular flexibility index (Phi) is 9.03. The van der Waals surface area contributed by atoms with Crippen molar-refractivity contribution in [3.8, 4) is 0 Å². The summed E-state index contributed by atoms with van der Waals surface area (Å²) < 4.78 is 5.06. The maximum absolute atomic E-state index is 14.7. The third-order valence-corrected chi connectivity index (χ3v) is 12.1. The second-order valence-corrected chi connectivity index (χ2v) is 15.0. The van der Waals surface area contributed by atoms with E-state index >= 15 is 0 Å². The highest BCUT2D eigenvalue weighted by atomic mass is 35.5. The molecule has 1 aromatic carbocycles. The molecule has 6 aliphatic rings. The van der Waals surface area contributed by atoms with Gasteiger partial charge in [0.15, 0.2) is 0 Å². The van der Waals surface area contributed by atoms with Crippen molar-refractivity contribution in [1.82, 2.24) is 24.9 Å². The van der Waals surface area contributed by atoms with Crippen molar-refractivity contribution < 1.29 is 33.5 Å². The predicted molar refractivity (Wildman–Crippen MR) is 182 cm³/mol. The van der Waals surface area contributed by atoms with Gasteiger partial charge in [0, 0.05) is 37.4 Å². The van der Waals surface area contributed by atoms with E-state index in [1.54, 1.807) is 37.8 Å². The Morgan fingerprint density at radius 2 is 1.80 bits per heavy atom. The molecule has 13 heteroatoms. The third-order valence-electron chi connectivity index (χ3n) is 11.8. The van der Waals surface area contributed by atoms with Gasteiger partial charge < -0.3 is 29.7 Å². The number of nitrogens with zero attached hydrogens (tertiary/aromatic N) is 4. The van der Waals surface area contributed by atoms with Gasteiger partial charge in [-0.25, -0.2) is 4.79 Å². The van der Waals surface area contributed by atoms with Crippen molar-refractivity contribution in [2.45, 2.75) is 101 Å². The number of hydrogen-bond donors (Lipinski definition) is 1. The number of likely N-dealkylation sites (tertiary alicyclic amines) is 2. The summed E-state index contributed by atoms with van der Waals surface area (Å²) in [6, 6.07) is 3.31. The minimum absolute atomic E-state index is 0.0545. The number of nitrogens with one attached hydrogen (secondary N) is 1. The zero-order valence-electron chi connectivity index (χ0n) is 28.6. The molecule has 0 aliphatic carbocycles. The smallest absolute Gasteiger partial charge is 0.328 e. The molecule has 4 saturated heterocycles. The maximum Gasteiger partial charge on any atom is 0.328 e. The van der Waals surface area contributed by atoms with E-state index < -0.39 is 35.7 Å². The van der Waals surface area contributed by atoms with Crippen molar-refractivity contribution in [2.75, 3.05) is 20.2 Å². The van der Waals surface area contributed by atoms with Crippen molar-refractivity contribution in [3.63, 3.8) is 0 Å². The number of carbonyl (C=O) groups excluding carboxylic acids is 6. The molecular formula is C37H44ClN5O7. The molecule has 0 aromatic heterocycles. The highest BCUT2D eigenvalue weighted by Crippen LogP contribution is 2.43. The van der Waals surface area contributed by atoms with Gasteiger partial charge in [0.25, 0.3) is 5.91 Å². The van der Waals surface area contributed by atoms with Gasteiger partial charge in [-0.15, -0.1) is 0 Å². The molecule has 0 saturated carbocycles. The van der Waals surface area contributed by atoms with E-state index in [0.717, 1.165) is 0 Å². The number of esters is 1. The van der Waals surface area contributed by atoms with Gasteiger partial charge >= 0.3 is 5.97 Å². The van der Waals surface area contributed by atoms with Crippen LogP contribution in [-0.2, 0) is 39.9 Å². The Morgan fingerprint density at radius 3 is 2.54 bits per heavy atom. The number of methoxy groups -OCH3 is 1. The molecular weight excluding hydrogens is 662 g/mol. The summed E-state index contributed by atoms with van der Waals surface area (Å²) in [5.41, 5.74) is -0.598. The summed E-state index contributed by atoms with van der Waals surface area (Å²) in [6.07, 6.45) is 11.0. The van der Waals surface area contributed by atoms with Crippen LogP contribution in [0.1, 0.15) is 57.9 Å². The summed E-state index contributed by atoms with van der Waals surface area (Å²) in [7, 11) is 1.32. The molecule has 0 bridgehead atoms. The molecule has 50 heavy (non-hydrogen) atoms. The fourth-order valence-electron chi connectivity index (χ4n) is 9.39. The van der Waals surface area contributed by atoms with Gasteiger partial charge in [0.2, 0.25) is 23.6 Å². The molecule has 5 amide bonds. The monoisotopic (exact) mass is 705 g/mol. The normalized spacial score (nSPS) is 33.3. The number of halogens is 1. The predicted octanol–water partition coefficient (Wildman–Crippen LogP) is 2.24. The van der Waals surface area contributed by atoms with E-state index in [-0.39, 0.29) is 59.9 Å². The second-order valence-electron chi connectivity index (χ2n) is 14.6. The van der Waals surface area contributed by atoms with Gasteiger partial charge in [-0.2, -0.15) is 0 Å². The number of carbonyl (C=O) groups is 6.